The van der Waals surface area contributed by atoms with E-state index in [1.165, 1.54) is 12.1 Å². The molecule has 2 aromatic rings. The third kappa shape index (κ3) is 1.62. The van der Waals surface area contributed by atoms with Gasteiger partial charge in [-0.2, -0.15) is 0 Å². The van der Waals surface area contributed by atoms with Crippen LogP contribution in [0.5, 0.6) is 0 Å². The number of fused-ring (bicyclic) bond motifs is 1. The van der Waals surface area contributed by atoms with Gasteiger partial charge in [-0.05, 0) is 28.4 Å². The fourth-order valence-electron chi connectivity index (χ4n) is 1.40. The summed E-state index contributed by atoms with van der Waals surface area (Å²) in [7, 11) is -1.48. The van der Waals surface area contributed by atoms with Crippen molar-refractivity contribution in [2.45, 2.75) is 0 Å². The van der Waals surface area contributed by atoms with Crippen LogP contribution in [0, 0.1) is 5.82 Å². The molecule has 0 aliphatic carbocycles. The van der Waals surface area contributed by atoms with E-state index in [0.717, 1.165) is 10.8 Å². The smallest absolute Gasteiger partial charge is 0.423 e. The highest BCUT2D eigenvalue weighted by Crippen LogP contribution is 2.13. The molecule has 0 saturated heterocycles. The molecular formula is C10H8BFO2. The molecule has 0 atom stereocenters. The Hall–Kier alpha value is -1.39. The summed E-state index contributed by atoms with van der Waals surface area (Å²) in [6.45, 7) is 0. The third-order valence-corrected chi connectivity index (χ3v) is 2.12. The first-order valence-corrected chi connectivity index (χ1v) is 4.22. The molecule has 2 N–H and O–H groups in total. The minimum absolute atomic E-state index is 0.296. The van der Waals surface area contributed by atoms with Gasteiger partial charge in [-0.15, -0.1) is 0 Å². The van der Waals surface area contributed by atoms with Crippen LogP contribution in [-0.4, -0.2) is 17.2 Å². The Bertz CT molecular complexity index is 471. The molecule has 0 heterocycles. The van der Waals surface area contributed by atoms with Crippen molar-refractivity contribution in [1.82, 2.24) is 0 Å². The molecule has 0 unspecified atom stereocenters. The first kappa shape index (κ1) is 9.18. The molecule has 0 bridgehead atoms. The van der Waals surface area contributed by atoms with Crippen molar-refractivity contribution < 1.29 is 14.4 Å². The summed E-state index contributed by atoms with van der Waals surface area (Å²) in [6.07, 6.45) is 0. The van der Waals surface area contributed by atoms with E-state index in [-0.39, 0.29) is 5.82 Å². The van der Waals surface area contributed by atoms with Gasteiger partial charge in [0.25, 0.3) is 0 Å². The third-order valence-electron chi connectivity index (χ3n) is 2.12. The second kappa shape index (κ2) is 3.40. The molecule has 2 nitrogen and oxygen atoms in total. The zero-order valence-electron chi connectivity index (χ0n) is 7.31. The summed E-state index contributed by atoms with van der Waals surface area (Å²) in [6, 6.07) is 9.20. The molecule has 0 spiro atoms. The maximum atomic E-state index is 12.8. The van der Waals surface area contributed by atoms with Gasteiger partial charge in [0.1, 0.15) is 5.82 Å². The Morgan fingerprint density at radius 3 is 2.29 bits per heavy atom. The van der Waals surface area contributed by atoms with Gasteiger partial charge in [-0.3, -0.25) is 0 Å². The highest BCUT2D eigenvalue weighted by molar-refractivity contribution is 6.58. The molecular weight excluding hydrogens is 182 g/mol. The number of halogens is 1. The summed E-state index contributed by atoms with van der Waals surface area (Å²) >= 11 is 0. The monoisotopic (exact) mass is 190 g/mol. The van der Waals surface area contributed by atoms with Gasteiger partial charge in [0, 0.05) is 0 Å². The van der Waals surface area contributed by atoms with Crippen molar-refractivity contribution in [3.05, 3.63) is 42.2 Å². The van der Waals surface area contributed by atoms with Gasteiger partial charge in [0.05, 0.1) is 0 Å². The van der Waals surface area contributed by atoms with Crippen LogP contribution >= 0.6 is 0 Å². The zero-order chi connectivity index (χ0) is 10.1. The fourth-order valence-corrected chi connectivity index (χ4v) is 1.40. The van der Waals surface area contributed by atoms with E-state index in [1.54, 1.807) is 24.3 Å². The van der Waals surface area contributed by atoms with Gasteiger partial charge in [0.2, 0.25) is 0 Å². The van der Waals surface area contributed by atoms with Crippen molar-refractivity contribution in [3.8, 4) is 0 Å². The lowest BCUT2D eigenvalue weighted by molar-refractivity contribution is 0.426. The van der Waals surface area contributed by atoms with E-state index >= 15 is 0 Å². The Morgan fingerprint density at radius 1 is 0.929 bits per heavy atom. The molecule has 0 amide bonds. The van der Waals surface area contributed by atoms with Crippen LogP contribution in [0.2, 0.25) is 0 Å². The van der Waals surface area contributed by atoms with Crippen LogP contribution in [0.4, 0.5) is 4.39 Å². The predicted octanol–water partition coefficient (Wildman–Crippen LogP) is 0.659. The summed E-state index contributed by atoms with van der Waals surface area (Å²) in [5, 5.41) is 19.4. The summed E-state index contributed by atoms with van der Waals surface area (Å²) in [4.78, 5) is 0. The van der Waals surface area contributed by atoms with Crippen molar-refractivity contribution in [2.24, 2.45) is 0 Å². The molecule has 0 saturated carbocycles. The topological polar surface area (TPSA) is 40.5 Å². The molecule has 0 fully saturated rings. The Labute approximate surface area is 80.8 Å². The average molecular weight is 190 g/mol. The van der Waals surface area contributed by atoms with E-state index < -0.39 is 7.12 Å². The number of rotatable bonds is 1. The molecule has 2 aromatic carbocycles. The van der Waals surface area contributed by atoms with E-state index in [0.29, 0.717) is 5.46 Å². The Morgan fingerprint density at radius 2 is 1.57 bits per heavy atom. The molecule has 0 radical (unpaired) electrons. The van der Waals surface area contributed by atoms with Gasteiger partial charge in [0.15, 0.2) is 0 Å². The normalized spacial score (nSPS) is 10.5. The molecule has 14 heavy (non-hydrogen) atoms. The van der Waals surface area contributed by atoms with Crippen LogP contribution in [0.25, 0.3) is 10.8 Å². The zero-order valence-corrected chi connectivity index (χ0v) is 7.31. The van der Waals surface area contributed by atoms with E-state index in [9.17, 15) is 4.39 Å². The predicted molar refractivity (Wildman–Crippen MR) is 53.7 cm³/mol. The lowest BCUT2D eigenvalue weighted by Crippen LogP contribution is -2.29. The number of benzene rings is 2. The highest BCUT2D eigenvalue weighted by atomic mass is 19.1. The molecule has 70 valence electrons. The van der Waals surface area contributed by atoms with Crippen molar-refractivity contribution in [2.75, 3.05) is 0 Å². The molecule has 0 aromatic heterocycles. The Kier molecular flexibility index (Phi) is 2.23. The van der Waals surface area contributed by atoms with Crippen LogP contribution in [0.1, 0.15) is 0 Å². The highest BCUT2D eigenvalue weighted by Gasteiger charge is 2.10. The second-order valence-corrected chi connectivity index (χ2v) is 3.12. The second-order valence-electron chi connectivity index (χ2n) is 3.12. The minimum Gasteiger partial charge on any atom is -0.423 e. The van der Waals surface area contributed by atoms with E-state index in [4.69, 9.17) is 10.0 Å². The largest absolute Gasteiger partial charge is 0.488 e. The minimum atomic E-state index is -1.48. The lowest BCUT2D eigenvalue weighted by atomic mass is 9.79. The fraction of sp³-hybridized carbons (Fsp3) is 0. The lowest BCUT2D eigenvalue weighted by Gasteiger charge is -2.02. The number of hydrogen-bond acceptors (Lipinski definition) is 2. The van der Waals surface area contributed by atoms with Gasteiger partial charge >= 0.3 is 7.12 Å². The summed E-state index contributed by atoms with van der Waals surface area (Å²) < 4.78 is 12.8. The molecule has 2 rings (SSSR count). The number of hydrogen-bond donors (Lipinski definition) is 2. The first-order chi connectivity index (χ1) is 6.66. The van der Waals surface area contributed by atoms with Gasteiger partial charge in [-0.1, -0.05) is 24.3 Å². The summed E-state index contributed by atoms with van der Waals surface area (Å²) in [5.74, 6) is -0.296. The Balaban J connectivity index is 2.62. The summed E-state index contributed by atoms with van der Waals surface area (Å²) in [5.41, 5.74) is 0.407. The molecule has 4 heteroatoms. The van der Waals surface area contributed by atoms with E-state index in [2.05, 4.69) is 0 Å². The quantitative estimate of drug-likeness (QED) is 0.648. The van der Waals surface area contributed by atoms with Crippen LogP contribution < -0.4 is 5.46 Å². The molecule has 0 aliphatic heterocycles. The standard InChI is InChI=1S/C10H8BFO2/c12-10-4-2-7-5-9(11(13)14)3-1-8(7)6-10/h1-6,13-14H. The average Bonchev–Trinajstić information content (AvgIpc) is 2.16. The van der Waals surface area contributed by atoms with Crippen molar-refractivity contribution in [1.29, 1.82) is 0 Å². The van der Waals surface area contributed by atoms with Gasteiger partial charge < -0.3 is 10.0 Å². The van der Waals surface area contributed by atoms with Crippen LogP contribution in [0.15, 0.2) is 36.4 Å². The van der Waals surface area contributed by atoms with Gasteiger partial charge in [-0.25, -0.2) is 4.39 Å². The molecule has 0 aliphatic rings. The maximum Gasteiger partial charge on any atom is 0.488 e. The first-order valence-electron chi connectivity index (χ1n) is 4.22. The SMILES string of the molecule is OB(O)c1ccc2cc(F)ccc2c1. The van der Waals surface area contributed by atoms with Crippen LogP contribution in [0.3, 0.4) is 0 Å². The van der Waals surface area contributed by atoms with Crippen molar-refractivity contribution in [3.63, 3.8) is 0 Å². The maximum absolute atomic E-state index is 12.8. The van der Waals surface area contributed by atoms with Crippen LogP contribution in [-0.2, 0) is 0 Å². The van der Waals surface area contributed by atoms with Crippen molar-refractivity contribution >= 4 is 23.4 Å². The van der Waals surface area contributed by atoms with E-state index in [1.807, 2.05) is 0 Å².